The van der Waals surface area contributed by atoms with E-state index in [1.54, 1.807) is 36.4 Å². The minimum absolute atomic E-state index is 0.129. The Balaban J connectivity index is 1.88. The number of hydrogen-bond donors (Lipinski definition) is 3. The lowest BCUT2D eigenvalue weighted by molar-refractivity contribution is -0.118. The summed E-state index contributed by atoms with van der Waals surface area (Å²) in [5, 5.41) is 14.4. The third-order valence-electron chi connectivity index (χ3n) is 2.68. The van der Waals surface area contributed by atoms with Crippen LogP contribution in [0.2, 0.25) is 0 Å². The van der Waals surface area contributed by atoms with E-state index < -0.39 is 0 Å². The molecule has 22 heavy (non-hydrogen) atoms. The number of amides is 2. The first kappa shape index (κ1) is 15.4. The van der Waals surface area contributed by atoms with Crippen LogP contribution in [0.1, 0.15) is 6.92 Å². The lowest BCUT2D eigenvalue weighted by atomic mass is 10.3. The van der Waals surface area contributed by atoms with E-state index in [9.17, 15) is 9.59 Å². The van der Waals surface area contributed by atoms with Gasteiger partial charge in [-0.2, -0.15) is 0 Å². The number of ether oxygens (including phenoxy) is 1. The molecule has 114 valence electrons. The minimum atomic E-state index is -0.324. The third kappa shape index (κ3) is 4.82. The number of hydrogen-bond acceptors (Lipinski definition) is 4. The van der Waals surface area contributed by atoms with E-state index >= 15 is 0 Å². The van der Waals surface area contributed by atoms with Gasteiger partial charge in [0.15, 0.2) is 6.61 Å². The molecule has 0 unspecified atom stereocenters. The van der Waals surface area contributed by atoms with Gasteiger partial charge in [0, 0.05) is 24.4 Å². The molecule has 2 amide bonds. The number of phenolic OH excluding ortho intramolecular Hbond substituents is 1. The summed E-state index contributed by atoms with van der Waals surface area (Å²) in [6.45, 7) is 1.25. The molecule has 6 heteroatoms. The molecule has 0 aromatic heterocycles. The quantitative estimate of drug-likeness (QED) is 0.740. The summed E-state index contributed by atoms with van der Waals surface area (Å²) in [4.78, 5) is 22.7. The fourth-order valence-electron chi connectivity index (χ4n) is 1.76. The van der Waals surface area contributed by atoms with E-state index in [1.165, 1.54) is 19.1 Å². The van der Waals surface area contributed by atoms with Crippen LogP contribution in [0.15, 0.2) is 48.5 Å². The Kier molecular flexibility index (Phi) is 4.98. The summed E-state index contributed by atoms with van der Waals surface area (Å²) >= 11 is 0. The van der Waals surface area contributed by atoms with E-state index in [1.807, 2.05) is 0 Å². The van der Waals surface area contributed by atoms with Crippen LogP contribution < -0.4 is 15.4 Å². The molecule has 2 rings (SSSR count). The van der Waals surface area contributed by atoms with Crippen LogP contribution in [0.5, 0.6) is 11.5 Å². The molecule has 0 saturated heterocycles. The van der Waals surface area contributed by atoms with Crippen molar-refractivity contribution in [2.24, 2.45) is 0 Å². The molecule has 0 aliphatic heterocycles. The van der Waals surface area contributed by atoms with Crippen LogP contribution >= 0.6 is 0 Å². The number of phenols is 1. The Morgan fingerprint density at radius 1 is 1.05 bits per heavy atom. The van der Waals surface area contributed by atoms with Crippen LogP contribution in [0.4, 0.5) is 11.4 Å². The second kappa shape index (κ2) is 7.12. The van der Waals surface area contributed by atoms with Gasteiger partial charge in [0.05, 0.1) is 0 Å². The molecule has 0 fully saturated rings. The smallest absolute Gasteiger partial charge is 0.262 e. The van der Waals surface area contributed by atoms with Gasteiger partial charge in [-0.3, -0.25) is 9.59 Å². The Hall–Kier alpha value is -3.02. The number of carbonyl (C=O) groups excluding carboxylic acids is 2. The molecule has 0 heterocycles. The highest BCUT2D eigenvalue weighted by molar-refractivity contribution is 5.92. The zero-order chi connectivity index (χ0) is 15.9. The summed E-state index contributed by atoms with van der Waals surface area (Å²) in [6, 6.07) is 12.9. The minimum Gasteiger partial charge on any atom is -0.508 e. The maximum absolute atomic E-state index is 11.8. The van der Waals surface area contributed by atoms with Crippen molar-refractivity contribution in [3.05, 3.63) is 48.5 Å². The first-order chi connectivity index (χ1) is 10.5. The van der Waals surface area contributed by atoms with E-state index in [0.29, 0.717) is 17.1 Å². The zero-order valence-corrected chi connectivity index (χ0v) is 12.0. The molecule has 2 aromatic carbocycles. The average molecular weight is 300 g/mol. The molecular formula is C16H16N2O4. The SMILES string of the molecule is CC(=O)Nc1cccc(OCC(=O)Nc2ccc(O)cc2)c1. The van der Waals surface area contributed by atoms with Crippen molar-refractivity contribution < 1.29 is 19.4 Å². The lowest BCUT2D eigenvalue weighted by Crippen LogP contribution is -2.20. The summed E-state index contributed by atoms with van der Waals surface area (Å²) in [7, 11) is 0. The number of benzene rings is 2. The van der Waals surface area contributed by atoms with Gasteiger partial charge in [-0.25, -0.2) is 0 Å². The van der Waals surface area contributed by atoms with E-state index in [-0.39, 0.29) is 24.2 Å². The largest absolute Gasteiger partial charge is 0.508 e. The fourth-order valence-corrected chi connectivity index (χ4v) is 1.76. The molecule has 0 atom stereocenters. The van der Waals surface area contributed by atoms with Crippen molar-refractivity contribution in [3.8, 4) is 11.5 Å². The number of rotatable bonds is 5. The lowest BCUT2D eigenvalue weighted by Gasteiger charge is -2.09. The molecule has 0 saturated carbocycles. The van der Waals surface area contributed by atoms with Gasteiger partial charge in [-0.1, -0.05) is 6.07 Å². The third-order valence-corrected chi connectivity index (χ3v) is 2.68. The number of nitrogens with one attached hydrogen (secondary N) is 2. The fraction of sp³-hybridized carbons (Fsp3) is 0.125. The second-order valence-corrected chi connectivity index (χ2v) is 4.59. The monoisotopic (exact) mass is 300 g/mol. The maximum atomic E-state index is 11.8. The van der Waals surface area contributed by atoms with Gasteiger partial charge >= 0.3 is 0 Å². The predicted molar refractivity (Wildman–Crippen MR) is 83.0 cm³/mol. The highest BCUT2D eigenvalue weighted by Gasteiger charge is 2.05. The molecule has 0 radical (unpaired) electrons. The Labute approximate surface area is 127 Å². The Morgan fingerprint density at radius 3 is 2.45 bits per heavy atom. The standard InChI is InChI=1S/C16H16N2O4/c1-11(19)17-13-3-2-4-15(9-13)22-10-16(21)18-12-5-7-14(20)8-6-12/h2-9,20H,10H2,1H3,(H,17,19)(H,18,21). The van der Waals surface area contributed by atoms with Gasteiger partial charge in [0.2, 0.25) is 5.91 Å². The predicted octanol–water partition coefficient (Wildman–Crippen LogP) is 2.37. The van der Waals surface area contributed by atoms with Crippen molar-refractivity contribution in [2.75, 3.05) is 17.2 Å². The maximum Gasteiger partial charge on any atom is 0.262 e. The van der Waals surface area contributed by atoms with E-state index in [0.717, 1.165) is 0 Å². The average Bonchev–Trinajstić information content (AvgIpc) is 2.47. The summed E-state index contributed by atoms with van der Waals surface area (Å²) in [6.07, 6.45) is 0. The van der Waals surface area contributed by atoms with Gasteiger partial charge in [0.25, 0.3) is 5.91 Å². The molecule has 0 aliphatic rings. The van der Waals surface area contributed by atoms with Gasteiger partial charge in [-0.15, -0.1) is 0 Å². The van der Waals surface area contributed by atoms with Gasteiger partial charge in [-0.05, 0) is 36.4 Å². The van der Waals surface area contributed by atoms with Crippen LogP contribution in [-0.4, -0.2) is 23.5 Å². The Bertz CT molecular complexity index is 668. The van der Waals surface area contributed by atoms with Crippen molar-refractivity contribution in [1.82, 2.24) is 0 Å². The molecule has 3 N–H and O–H groups in total. The summed E-state index contributed by atoms with van der Waals surface area (Å²) in [5.41, 5.74) is 1.17. The van der Waals surface area contributed by atoms with Gasteiger partial charge in [0.1, 0.15) is 11.5 Å². The van der Waals surface area contributed by atoms with Crippen LogP contribution in [0.25, 0.3) is 0 Å². The van der Waals surface area contributed by atoms with Crippen molar-refractivity contribution in [1.29, 1.82) is 0 Å². The highest BCUT2D eigenvalue weighted by Crippen LogP contribution is 2.17. The van der Waals surface area contributed by atoms with Gasteiger partial charge < -0.3 is 20.5 Å². The molecule has 0 aliphatic carbocycles. The number of carbonyl (C=O) groups is 2. The van der Waals surface area contributed by atoms with E-state index in [2.05, 4.69) is 10.6 Å². The topological polar surface area (TPSA) is 87.7 Å². The first-order valence-electron chi connectivity index (χ1n) is 6.62. The summed E-state index contributed by atoms with van der Waals surface area (Å²) in [5.74, 6) is 0.106. The van der Waals surface area contributed by atoms with Crippen LogP contribution in [0.3, 0.4) is 0 Å². The normalized spacial score (nSPS) is 9.86. The molecular weight excluding hydrogens is 284 g/mol. The van der Waals surface area contributed by atoms with Crippen molar-refractivity contribution in [2.45, 2.75) is 6.92 Å². The summed E-state index contributed by atoms with van der Waals surface area (Å²) < 4.78 is 5.37. The van der Waals surface area contributed by atoms with E-state index in [4.69, 9.17) is 9.84 Å². The number of anilines is 2. The highest BCUT2D eigenvalue weighted by atomic mass is 16.5. The van der Waals surface area contributed by atoms with Crippen LogP contribution in [0, 0.1) is 0 Å². The molecule has 6 nitrogen and oxygen atoms in total. The molecule has 0 bridgehead atoms. The molecule has 2 aromatic rings. The van der Waals surface area contributed by atoms with Crippen molar-refractivity contribution >= 4 is 23.2 Å². The van der Waals surface area contributed by atoms with Crippen molar-refractivity contribution in [3.63, 3.8) is 0 Å². The second-order valence-electron chi connectivity index (χ2n) is 4.59. The number of aromatic hydroxyl groups is 1. The van der Waals surface area contributed by atoms with Crippen LogP contribution in [-0.2, 0) is 9.59 Å². The first-order valence-corrected chi connectivity index (χ1v) is 6.62. The zero-order valence-electron chi connectivity index (χ0n) is 12.0. The molecule has 0 spiro atoms. The Morgan fingerprint density at radius 2 is 1.77 bits per heavy atom.